The molecular formula is C25H27N3O2S. The number of nitrogens with one attached hydrogen (secondary N) is 1. The van der Waals surface area contributed by atoms with Crippen molar-refractivity contribution in [2.75, 3.05) is 20.2 Å². The molecule has 1 N–H and O–H groups in total. The number of methoxy groups -OCH3 is 1. The Morgan fingerprint density at radius 3 is 2.58 bits per heavy atom. The second-order valence-corrected chi connectivity index (χ2v) is 8.67. The van der Waals surface area contributed by atoms with E-state index in [0.29, 0.717) is 5.56 Å². The van der Waals surface area contributed by atoms with Crippen LogP contribution in [0.25, 0.3) is 0 Å². The summed E-state index contributed by atoms with van der Waals surface area (Å²) in [4.78, 5) is 20.9. The number of carbonyl (C=O) groups excluding carboxylic acids is 1. The van der Waals surface area contributed by atoms with Crippen molar-refractivity contribution in [1.29, 1.82) is 0 Å². The summed E-state index contributed by atoms with van der Waals surface area (Å²) < 4.78 is 5.47. The number of likely N-dealkylation sites (tertiary alicyclic amines) is 1. The van der Waals surface area contributed by atoms with Crippen LogP contribution in [-0.4, -0.2) is 42.0 Å². The third kappa shape index (κ3) is 5.66. The van der Waals surface area contributed by atoms with E-state index < -0.39 is 0 Å². The number of pyridine rings is 1. The summed E-state index contributed by atoms with van der Waals surface area (Å²) in [5.41, 5.74) is 1.83. The molecule has 0 aliphatic carbocycles. The van der Waals surface area contributed by atoms with Gasteiger partial charge in [-0.1, -0.05) is 48.2 Å². The molecule has 3 aromatic rings. The van der Waals surface area contributed by atoms with Gasteiger partial charge in [-0.3, -0.25) is 9.69 Å². The minimum absolute atomic E-state index is 0.0466. The summed E-state index contributed by atoms with van der Waals surface area (Å²) in [7, 11) is 1.71. The molecular weight excluding hydrogens is 406 g/mol. The number of carbonyl (C=O) groups is 1. The lowest BCUT2D eigenvalue weighted by molar-refractivity contribution is 0.0905. The van der Waals surface area contributed by atoms with Gasteiger partial charge in [-0.25, -0.2) is 4.98 Å². The Kier molecular flexibility index (Phi) is 7.22. The maximum absolute atomic E-state index is 13.0. The zero-order chi connectivity index (χ0) is 21.5. The molecule has 1 aliphatic rings. The Balaban J connectivity index is 1.33. The molecule has 31 heavy (non-hydrogen) atoms. The normalized spacial score (nSPS) is 14.9. The number of hydrogen-bond acceptors (Lipinski definition) is 5. The van der Waals surface area contributed by atoms with Crippen LogP contribution in [0.4, 0.5) is 0 Å². The molecule has 0 atom stereocenters. The van der Waals surface area contributed by atoms with Crippen LogP contribution in [0.5, 0.6) is 5.75 Å². The van der Waals surface area contributed by atoms with Crippen molar-refractivity contribution in [3.63, 3.8) is 0 Å². The van der Waals surface area contributed by atoms with Gasteiger partial charge in [0, 0.05) is 42.3 Å². The van der Waals surface area contributed by atoms with E-state index in [9.17, 15) is 4.79 Å². The van der Waals surface area contributed by atoms with Gasteiger partial charge < -0.3 is 10.1 Å². The summed E-state index contributed by atoms with van der Waals surface area (Å²) in [5, 5.41) is 3.96. The minimum Gasteiger partial charge on any atom is -0.496 e. The van der Waals surface area contributed by atoms with Gasteiger partial charge in [0.15, 0.2) is 0 Å². The Morgan fingerprint density at radius 1 is 1.06 bits per heavy atom. The zero-order valence-electron chi connectivity index (χ0n) is 17.7. The highest BCUT2D eigenvalue weighted by Crippen LogP contribution is 2.28. The third-order valence-corrected chi connectivity index (χ3v) is 6.51. The fraction of sp³-hybridized carbons (Fsp3) is 0.280. The smallest absolute Gasteiger partial charge is 0.254 e. The fourth-order valence-electron chi connectivity index (χ4n) is 3.82. The van der Waals surface area contributed by atoms with Crippen LogP contribution in [0.1, 0.15) is 28.8 Å². The largest absolute Gasteiger partial charge is 0.496 e. The van der Waals surface area contributed by atoms with E-state index in [2.05, 4.69) is 21.3 Å². The second-order valence-electron chi connectivity index (χ2n) is 7.61. The highest BCUT2D eigenvalue weighted by molar-refractivity contribution is 7.99. The number of ether oxygens (including phenoxy) is 1. The van der Waals surface area contributed by atoms with E-state index in [0.717, 1.165) is 48.1 Å². The summed E-state index contributed by atoms with van der Waals surface area (Å²) in [5.74, 6) is 0.882. The van der Waals surface area contributed by atoms with E-state index in [1.54, 1.807) is 13.3 Å². The first kappa shape index (κ1) is 21.4. The van der Waals surface area contributed by atoms with E-state index in [-0.39, 0.29) is 11.9 Å². The lowest BCUT2D eigenvalue weighted by atomic mass is 10.0. The summed E-state index contributed by atoms with van der Waals surface area (Å²) in [6, 6.07) is 22.0. The number of nitrogens with zero attached hydrogens (tertiary/aromatic N) is 2. The van der Waals surface area contributed by atoms with Crippen LogP contribution in [-0.2, 0) is 6.54 Å². The standard InChI is InChI=1S/C25H27N3O2S/c1-30-23-12-6-5-8-19(23)18-28-16-13-20(14-17-28)27-24(29)22-11-7-15-26-25(22)31-21-9-3-2-4-10-21/h2-12,15,20H,13-14,16-18H2,1H3,(H,27,29). The number of piperidine rings is 1. The van der Waals surface area contributed by atoms with Gasteiger partial charge in [-0.05, 0) is 43.2 Å². The molecule has 5 nitrogen and oxygen atoms in total. The van der Waals surface area contributed by atoms with Crippen LogP contribution in [0.15, 0.2) is 82.8 Å². The zero-order valence-corrected chi connectivity index (χ0v) is 18.5. The first-order chi connectivity index (χ1) is 15.2. The molecule has 4 rings (SSSR count). The average Bonchev–Trinajstić information content (AvgIpc) is 2.82. The average molecular weight is 434 g/mol. The van der Waals surface area contributed by atoms with Crippen molar-refractivity contribution >= 4 is 17.7 Å². The lowest BCUT2D eigenvalue weighted by Gasteiger charge is -2.32. The molecule has 1 saturated heterocycles. The van der Waals surface area contributed by atoms with E-state index in [4.69, 9.17) is 4.74 Å². The molecule has 1 fully saturated rings. The Bertz CT molecular complexity index is 1000. The second kappa shape index (κ2) is 10.5. The number of hydrogen-bond donors (Lipinski definition) is 1. The number of amides is 1. The van der Waals surface area contributed by atoms with Crippen LogP contribution >= 0.6 is 11.8 Å². The molecule has 160 valence electrons. The monoisotopic (exact) mass is 433 g/mol. The van der Waals surface area contributed by atoms with Gasteiger partial charge >= 0.3 is 0 Å². The maximum Gasteiger partial charge on any atom is 0.254 e. The Hall–Kier alpha value is -2.83. The molecule has 0 saturated carbocycles. The molecule has 1 aliphatic heterocycles. The number of rotatable bonds is 7. The van der Waals surface area contributed by atoms with Gasteiger partial charge in [-0.2, -0.15) is 0 Å². The predicted octanol–water partition coefficient (Wildman–Crippen LogP) is 4.64. The van der Waals surface area contributed by atoms with Gasteiger partial charge in [0.1, 0.15) is 10.8 Å². The van der Waals surface area contributed by atoms with Crippen molar-refractivity contribution in [1.82, 2.24) is 15.2 Å². The van der Waals surface area contributed by atoms with Crippen molar-refractivity contribution in [3.05, 3.63) is 84.1 Å². The van der Waals surface area contributed by atoms with Gasteiger partial charge in [0.25, 0.3) is 5.91 Å². The van der Waals surface area contributed by atoms with Crippen LogP contribution < -0.4 is 10.1 Å². The molecule has 2 aromatic carbocycles. The summed E-state index contributed by atoms with van der Waals surface area (Å²) >= 11 is 1.52. The molecule has 1 aromatic heterocycles. The van der Waals surface area contributed by atoms with Gasteiger partial charge in [0.2, 0.25) is 0 Å². The van der Waals surface area contributed by atoms with Gasteiger partial charge in [-0.15, -0.1) is 0 Å². The molecule has 6 heteroatoms. The lowest BCUT2D eigenvalue weighted by Crippen LogP contribution is -2.44. The first-order valence-electron chi connectivity index (χ1n) is 10.6. The topological polar surface area (TPSA) is 54.5 Å². The van der Waals surface area contributed by atoms with Crippen molar-refractivity contribution in [2.45, 2.75) is 35.3 Å². The predicted molar refractivity (Wildman–Crippen MR) is 124 cm³/mol. The third-order valence-electron chi connectivity index (χ3n) is 5.48. The van der Waals surface area contributed by atoms with Crippen LogP contribution in [0.2, 0.25) is 0 Å². The highest BCUT2D eigenvalue weighted by atomic mass is 32.2. The van der Waals surface area contributed by atoms with Gasteiger partial charge in [0.05, 0.1) is 12.7 Å². The van der Waals surface area contributed by atoms with E-state index >= 15 is 0 Å². The number of para-hydroxylation sites is 1. The van der Waals surface area contributed by atoms with Crippen LogP contribution in [0, 0.1) is 0 Å². The summed E-state index contributed by atoms with van der Waals surface area (Å²) in [6.07, 6.45) is 3.60. The molecule has 1 amide bonds. The minimum atomic E-state index is -0.0466. The highest BCUT2D eigenvalue weighted by Gasteiger charge is 2.23. The van der Waals surface area contributed by atoms with E-state index in [1.807, 2.05) is 60.7 Å². The van der Waals surface area contributed by atoms with Crippen LogP contribution in [0.3, 0.4) is 0 Å². The molecule has 0 bridgehead atoms. The number of benzene rings is 2. The maximum atomic E-state index is 13.0. The van der Waals surface area contributed by atoms with Crippen molar-refractivity contribution < 1.29 is 9.53 Å². The van der Waals surface area contributed by atoms with E-state index in [1.165, 1.54) is 17.3 Å². The molecule has 0 unspecified atom stereocenters. The Morgan fingerprint density at radius 2 is 1.81 bits per heavy atom. The molecule has 0 spiro atoms. The first-order valence-corrected chi connectivity index (χ1v) is 11.4. The van der Waals surface area contributed by atoms with Crippen molar-refractivity contribution in [2.24, 2.45) is 0 Å². The Labute approximate surface area is 187 Å². The summed E-state index contributed by atoms with van der Waals surface area (Å²) in [6.45, 7) is 2.76. The SMILES string of the molecule is COc1ccccc1CN1CCC(NC(=O)c2cccnc2Sc2ccccc2)CC1. The van der Waals surface area contributed by atoms with Crippen molar-refractivity contribution in [3.8, 4) is 5.75 Å². The number of aromatic nitrogens is 1. The molecule has 2 heterocycles. The molecule has 0 radical (unpaired) electrons. The quantitative estimate of drug-likeness (QED) is 0.588. The fourth-order valence-corrected chi connectivity index (χ4v) is 4.72.